The van der Waals surface area contributed by atoms with E-state index in [-0.39, 0.29) is 29.9 Å². The molecular formula is C28H31N3O6S. The molecule has 3 heterocycles. The fourth-order valence-corrected chi connectivity index (χ4v) is 6.57. The number of sulfonamides is 1. The molecule has 2 aliphatic heterocycles. The monoisotopic (exact) mass is 537 g/mol. The van der Waals surface area contributed by atoms with Crippen molar-refractivity contribution in [3.63, 3.8) is 0 Å². The highest BCUT2D eigenvalue weighted by Crippen LogP contribution is 2.33. The van der Waals surface area contributed by atoms with Gasteiger partial charge in [0.25, 0.3) is 0 Å². The van der Waals surface area contributed by atoms with Crippen LogP contribution in [-0.4, -0.2) is 43.7 Å². The average molecular weight is 538 g/mol. The Morgan fingerprint density at radius 2 is 1.92 bits per heavy atom. The molecule has 1 aromatic heterocycles. The van der Waals surface area contributed by atoms with Crippen molar-refractivity contribution in [2.45, 2.75) is 45.1 Å². The molecule has 1 amide bonds. The summed E-state index contributed by atoms with van der Waals surface area (Å²) in [6, 6.07) is 11.6. The molecule has 0 spiro atoms. The molecule has 3 aromatic rings. The van der Waals surface area contributed by atoms with Gasteiger partial charge >= 0.3 is 0 Å². The van der Waals surface area contributed by atoms with Gasteiger partial charge in [-0.2, -0.15) is 4.31 Å². The van der Waals surface area contributed by atoms with Crippen LogP contribution in [-0.2, 0) is 21.4 Å². The minimum atomic E-state index is -3.93. The highest BCUT2D eigenvalue weighted by atomic mass is 32.2. The molecule has 9 nitrogen and oxygen atoms in total. The molecule has 1 unspecified atom stereocenters. The lowest BCUT2D eigenvalue weighted by Crippen LogP contribution is -2.45. The molecule has 200 valence electrons. The number of carbonyl (C=O) groups is 1. The van der Waals surface area contributed by atoms with E-state index in [1.54, 1.807) is 13.0 Å². The maximum Gasteiger partial charge on any atom is 0.248 e. The Bertz CT molecular complexity index is 1490. The van der Waals surface area contributed by atoms with Crippen molar-refractivity contribution in [2.75, 3.05) is 19.9 Å². The molecule has 1 saturated heterocycles. The van der Waals surface area contributed by atoms with Gasteiger partial charge in [0.05, 0.1) is 5.92 Å². The Labute approximate surface area is 222 Å². The molecule has 5 rings (SSSR count). The molecule has 0 aliphatic carbocycles. The first-order valence-corrected chi connectivity index (χ1v) is 14.0. The lowest BCUT2D eigenvalue weighted by atomic mass is 9.98. The number of hydrogen-bond donors (Lipinski definition) is 1. The highest BCUT2D eigenvalue weighted by molar-refractivity contribution is 7.89. The second-order valence-electron chi connectivity index (χ2n) is 9.76. The number of nitrogens with zero attached hydrogens (tertiary/aromatic N) is 2. The van der Waals surface area contributed by atoms with Gasteiger partial charge in [-0.25, -0.2) is 8.42 Å². The lowest BCUT2D eigenvalue weighted by molar-refractivity contribution is -0.126. The van der Waals surface area contributed by atoms with Crippen LogP contribution in [0.4, 0.5) is 0 Å². The summed E-state index contributed by atoms with van der Waals surface area (Å²) in [6.45, 7) is 6.55. The summed E-state index contributed by atoms with van der Waals surface area (Å²) in [4.78, 5) is 13.0. The number of hydrogen-bond acceptors (Lipinski definition) is 7. The zero-order valence-electron chi connectivity index (χ0n) is 21.7. The summed E-state index contributed by atoms with van der Waals surface area (Å²) in [7, 11) is -3.93. The van der Waals surface area contributed by atoms with E-state index in [4.69, 9.17) is 14.0 Å². The van der Waals surface area contributed by atoms with E-state index in [1.807, 2.05) is 56.3 Å². The summed E-state index contributed by atoms with van der Waals surface area (Å²) >= 11 is 0. The molecule has 0 bridgehead atoms. The van der Waals surface area contributed by atoms with Crippen molar-refractivity contribution in [2.24, 2.45) is 5.92 Å². The Balaban J connectivity index is 1.29. The number of aryl methyl sites for hydroxylation is 3. The van der Waals surface area contributed by atoms with E-state index >= 15 is 0 Å². The van der Waals surface area contributed by atoms with Crippen LogP contribution < -0.4 is 14.8 Å². The van der Waals surface area contributed by atoms with Gasteiger partial charge in [-0.1, -0.05) is 41.1 Å². The van der Waals surface area contributed by atoms with Gasteiger partial charge in [0.15, 0.2) is 22.2 Å². The van der Waals surface area contributed by atoms with Crippen LogP contribution in [0.15, 0.2) is 45.8 Å². The summed E-state index contributed by atoms with van der Waals surface area (Å²) in [5, 5.41) is 6.88. The summed E-state index contributed by atoms with van der Waals surface area (Å²) in [5.74, 6) is 0.873. The van der Waals surface area contributed by atoms with Gasteiger partial charge < -0.3 is 19.3 Å². The van der Waals surface area contributed by atoms with Crippen LogP contribution in [0.25, 0.3) is 12.2 Å². The smallest absolute Gasteiger partial charge is 0.248 e. The third-order valence-corrected chi connectivity index (χ3v) is 8.96. The van der Waals surface area contributed by atoms with Crippen LogP contribution in [0, 0.1) is 26.7 Å². The molecule has 1 N–H and O–H groups in total. The minimum absolute atomic E-state index is 0.0421. The quantitative estimate of drug-likeness (QED) is 0.481. The maximum atomic E-state index is 13.7. The number of nitrogens with one attached hydrogen (secondary N) is 1. The second-order valence-corrected chi connectivity index (χ2v) is 11.6. The molecule has 1 fully saturated rings. The third-order valence-electron chi connectivity index (χ3n) is 6.94. The van der Waals surface area contributed by atoms with Gasteiger partial charge in [-0.15, -0.1) is 0 Å². The fourth-order valence-electron chi connectivity index (χ4n) is 4.79. The molecular weight excluding hydrogens is 506 g/mol. The zero-order valence-corrected chi connectivity index (χ0v) is 22.5. The van der Waals surface area contributed by atoms with Gasteiger partial charge in [0.1, 0.15) is 5.69 Å². The zero-order chi connectivity index (χ0) is 26.9. The first-order valence-electron chi connectivity index (χ1n) is 12.6. The van der Waals surface area contributed by atoms with Crippen molar-refractivity contribution in [3.05, 3.63) is 70.1 Å². The van der Waals surface area contributed by atoms with E-state index in [2.05, 4.69) is 10.5 Å². The van der Waals surface area contributed by atoms with Gasteiger partial charge in [0.2, 0.25) is 22.7 Å². The fraction of sp³-hybridized carbons (Fsp3) is 0.357. The predicted molar refractivity (Wildman–Crippen MR) is 142 cm³/mol. The minimum Gasteiger partial charge on any atom is -0.454 e. The van der Waals surface area contributed by atoms with Crippen molar-refractivity contribution in [1.82, 2.24) is 14.8 Å². The number of benzene rings is 2. The Hall–Kier alpha value is -3.63. The topological polar surface area (TPSA) is 111 Å². The Morgan fingerprint density at radius 1 is 1.11 bits per heavy atom. The lowest BCUT2D eigenvalue weighted by Gasteiger charge is -2.31. The number of amides is 1. The molecule has 2 aromatic carbocycles. The van der Waals surface area contributed by atoms with E-state index in [9.17, 15) is 13.2 Å². The second kappa shape index (κ2) is 10.6. The van der Waals surface area contributed by atoms with E-state index in [0.717, 1.165) is 22.3 Å². The van der Waals surface area contributed by atoms with Gasteiger partial charge in [-0.05, 0) is 68.5 Å². The summed E-state index contributed by atoms with van der Waals surface area (Å²) in [6.07, 6.45) is 4.68. The van der Waals surface area contributed by atoms with Crippen LogP contribution in [0.1, 0.15) is 46.5 Å². The van der Waals surface area contributed by atoms with E-state index in [1.165, 1.54) is 4.31 Å². The van der Waals surface area contributed by atoms with Crippen LogP contribution in [0.2, 0.25) is 0 Å². The predicted octanol–water partition coefficient (Wildman–Crippen LogP) is 4.22. The van der Waals surface area contributed by atoms with Crippen LogP contribution in [0.3, 0.4) is 0 Å². The molecule has 0 saturated carbocycles. The Morgan fingerprint density at radius 3 is 2.76 bits per heavy atom. The van der Waals surface area contributed by atoms with Crippen molar-refractivity contribution >= 4 is 28.1 Å². The molecule has 2 aliphatic rings. The highest BCUT2D eigenvalue weighted by Gasteiger charge is 2.37. The number of ether oxygens (including phenoxy) is 2. The standard InChI is InChI=1S/C28H31N3O6S/c1-18-6-7-19(2)22(13-18)9-11-25-27(20(3)30-37-25)38(33,34)31-12-4-5-23(16-31)28(32)29-15-21-8-10-24-26(14-21)36-17-35-24/h6-11,13-14,23H,4-5,12,15-17H2,1-3H3,(H,29,32)/b11-9+. The molecule has 10 heteroatoms. The van der Waals surface area contributed by atoms with E-state index in [0.29, 0.717) is 43.1 Å². The number of piperidine rings is 1. The van der Waals surface area contributed by atoms with Crippen molar-refractivity contribution in [1.29, 1.82) is 0 Å². The third kappa shape index (κ3) is 5.32. The number of rotatable bonds is 7. The number of aromatic nitrogens is 1. The van der Waals surface area contributed by atoms with E-state index < -0.39 is 15.9 Å². The average Bonchev–Trinajstić information content (AvgIpc) is 3.54. The molecule has 38 heavy (non-hydrogen) atoms. The Kier molecular flexibility index (Phi) is 7.27. The molecule has 0 radical (unpaired) electrons. The number of fused-ring (bicyclic) bond motifs is 1. The van der Waals surface area contributed by atoms with Crippen molar-refractivity contribution < 1.29 is 27.2 Å². The maximum absolute atomic E-state index is 13.7. The van der Waals surface area contributed by atoms with Gasteiger partial charge in [-0.3, -0.25) is 4.79 Å². The molecule has 1 atom stereocenters. The SMILES string of the molecule is Cc1ccc(C)c(/C=C/c2onc(C)c2S(=O)(=O)N2CCCC(C(=O)NCc3ccc4c(c3)OCO4)C2)c1. The van der Waals surface area contributed by atoms with Crippen molar-refractivity contribution in [3.8, 4) is 11.5 Å². The summed E-state index contributed by atoms with van der Waals surface area (Å²) in [5.41, 5.74) is 4.31. The summed E-state index contributed by atoms with van der Waals surface area (Å²) < 4.78 is 44.9. The first-order chi connectivity index (χ1) is 18.2. The normalized spacial score (nSPS) is 17.7. The largest absolute Gasteiger partial charge is 0.454 e. The van der Waals surface area contributed by atoms with Crippen LogP contribution in [0.5, 0.6) is 11.5 Å². The van der Waals surface area contributed by atoms with Crippen LogP contribution >= 0.6 is 0 Å². The van der Waals surface area contributed by atoms with Gasteiger partial charge in [0, 0.05) is 19.6 Å². The number of carbonyl (C=O) groups excluding carboxylic acids is 1. The first kappa shape index (κ1) is 26.0.